The quantitative estimate of drug-likeness (QED) is 0.210. The molecule has 3 aromatic rings. The van der Waals surface area contributed by atoms with Gasteiger partial charge in [0.05, 0.1) is 24.3 Å². The fraction of sp³-hybridized carbons (Fsp3) is 0.292. The van der Waals surface area contributed by atoms with Crippen LogP contribution in [-0.2, 0) is 0 Å². The number of hydrogen-bond acceptors (Lipinski definition) is 4. The zero-order chi connectivity index (χ0) is 21.8. The van der Waals surface area contributed by atoms with Crippen LogP contribution < -0.4 is 10.3 Å². The van der Waals surface area contributed by atoms with Gasteiger partial charge in [0.1, 0.15) is 18.2 Å². The molecule has 2 aromatic carbocycles. The van der Waals surface area contributed by atoms with Gasteiger partial charge in [-0.25, -0.2) is 4.98 Å². The van der Waals surface area contributed by atoms with Gasteiger partial charge in [0.15, 0.2) is 0 Å². The summed E-state index contributed by atoms with van der Waals surface area (Å²) in [4.78, 5) is 18.1. The molecule has 0 bridgehead atoms. The lowest BCUT2D eigenvalue weighted by atomic mass is 9.88. The van der Waals surface area contributed by atoms with Crippen molar-refractivity contribution in [2.45, 2.75) is 38.0 Å². The van der Waals surface area contributed by atoms with Crippen molar-refractivity contribution in [3.8, 4) is 18.1 Å². The Balaban J connectivity index is 1.77. The first-order chi connectivity index (χ1) is 15.1. The highest BCUT2D eigenvalue weighted by Gasteiger charge is 2.22. The van der Waals surface area contributed by atoms with Crippen LogP contribution >= 0.6 is 45.2 Å². The van der Waals surface area contributed by atoms with Crippen molar-refractivity contribution in [1.29, 1.82) is 0 Å². The molecule has 0 atom stereocenters. The van der Waals surface area contributed by atoms with E-state index < -0.39 is 0 Å². The normalized spacial score (nSPS) is 14.7. The smallest absolute Gasteiger partial charge is 0.282 e. The molecule has 0 saturated heterocycles. The van der Waals surface area contributed by atoms with E-state index in [4.69, 9.17) is 16.1 Å². The van der Waals surface area contributed by atoms with Crippen LogP contribution in [0.25, 0.3) is 10.9 Å². The minimum atomic E-state index is -0.124. The molecule has 0 unspecified atom stereocenters. The second-order valence-electron chi connectivity index (χ2n) is 7.49. The van der Waals surface area contributed by atoms with Crippen molar-refractivity contribution in [1.82, 2.24) is 9.66 Å². The highest BCUT2D eigenvalue weighted by molar-refractivity contribution is 14.1. The molecule has 7 heteroatoms. The Hall–Kier alpha value is -1.93. The van der Waals surface area contributed by atoms with Crippen molar-refractivity contribution in [2.24, 2.45) is 5.10 Å². The summed E-state index contributed by atoms with van der Waals surface area (Å²) in [5, 5.41) is 5.20. The van der Waals surface area contributed by atoms with E-state index in [-0.39, 0.29) is 18.1 Å². The van der Waals surface area contributed by atoms with Crippen LogP contribution in [0.5, 0.6) is 5.75 Å². The van der Waals surface area contributed by atoms with Gasteiger partial charge in [-0.05, 0) is 87.9 Å². The summed E-state index contributed by atoms with van der Waals surface area (Å²) >= 11 is 4.45. The number of fused-ring (bicyclic) bond motifs is 1. The summed E-state index contributed by atoms with van der Waals surface area (Å²) in [5.41, 5.74) is 1.50. The third-order valence-corrected chi connectivity index (χ3v) is 6.99. The van der Waals surface area contributed by atoms with Crippen molar-refractivity contribution in [3.05, 3.63) is 65.3 Å². The van der Waals surface area contributed by atoms with Crippen molar-refractivity contribution < 1.29 is 4.74 Å². The predicted octanol–water partition coefficient (Wildman–Crippen LogP) is 5.55. The molecular weight excluding hydrogens is 616 g/mol. The van der Waals surface area contributed by atoms with Crippen LogP contribution in [0.1, 0.15) is 49.4 Å². The third kappa shape index (κ3) is 4.95. The lowest BCUT2D eigenvalue weighted by molar-refractivity contribution is 0.365. The minimum Gasteiger partial charge on any atom is -0.479 e. The Morgan fingerprint density at radius 2 is 1.90 bits per heavy atom. The fourth-order valence-electron chi connectivity index (χ4n) is 3.91. The molecule has 158 valence electrons. The summed E-state index contributed by atoms with van der Waals surface area (Å²) in [6, 6.07) is 11.4. The Morgan fingerprint density at radius 3 is 2.61 bits per heavy atom. The molecule has 1 aliphatic rings. The number of benzene rings is 2. The number of hydrogen-bond donors (Lipinski definition) is 0. The maximum Gasteiger partial charge on any atom is 0.282 e. The van der Waals surface area contributed by atoms with Crippen LogP contribution in [0.2, 0.25) is 0 Å². The first-order valence-electron chi connectivity index (χ1n) is 10.2. The standard InChI is InChI=1S/C24H21I2N3O2/c1-2-12-31-22-19(25)13-16(14-20(22)26)15-27-29-23(17-8-4-3-5-9-17)28-21-11-7-6-10-18(21)24(29)30/h1,6-7,10-11,13-15,17H,3-5,8-9,12H2. The van der Waals surface area contributed by atoms with Gasteiger partial charge in [-0.1, -0.05) is 37.3 Å². The molecule has 1 fully saturated rings. The predicted molar refractivity (Wildman–Crippen MR) is 141 cm³/mol. The van der Waals surface area contributed by atoms with Gasteiger partial charge in [-0.15, -0.1) is 6.42 Å². The van der Waals surface area contributed by atoms with Crippen molar-refractivity contribution in [3.63, 3.8) is 0 Å². The molecule has 31 heavy (non-hydrogen) atoms. The van der Waals surface area contributed by atoms with Crippen molar-refractivity contribution >= 4 is 62.3 Å². The molecule has 5 nitrogen and oxygen atoms in total. The molecule has 0 radical (unpaired) electrons. The Kier molecular flexibility index (Phi) is 7.27. The number of ether oxygens (including phenoxy) is 1. The zero-order valence-corrected chi connectivity index (χ0v) is 21.2. The van der Waals surface area contributed by atoms with Gasteiger partial charge in [0.2, 0.25) is 0 Å². The van der Waals surface area contributed by atoms with Crippen LogP contribution in [0.4, 0.5) is 0 Å². The van der Waals surface area contributed by atoms with E-state index in [0.717, 1.165) is 55.5 Å². The Morgan fingerprint density at radius 1 is 1.19 bits per heavy atom. The van der Waals surface area contributed by atoms with E-state index in [0.29, 0.717) is 5.39 Å². The fourth-order valence-corrected chi connectivity index (χ4v) is 6.04. The van der Waals surface area contributed by atoms with Gasteiger partial charge in [0, 0.05) is 5.92 Å². The molecule has 0 spiro atoms. The lowest BCUT2D eigenvalue weighted by Crippen LogP contribution is -2.25. The van der Waals surface area contributed by atoms with Crippen LogP contribution in [-0.4, -0.2) is 22.5 Å². The maximum absolute atomic E-state index is 13.3. The summed E-state index contributed by atoms with van der Waals surface area (Å²) in [6.07, 6.45) is 12.7. The van der Waals surface area contributed by atoms with Crippen molar-refractivity contribution in [2.75, 3.05) is 6.61 Å². The monoisotopic (exact) mass is 637 g/mol. The van der Waals surface area contributed by atoms with Gasteiger partial charge in [0.25, 0.3) is 5.56 Å². The second kappa shape index (κ2) is 10.1. The van der Waals surface area contributed by atoms with Crippen LogP contribution in [0, 0.1) is 19.5 Å². The Bertz CT molecular complexity index is 1210. The maximum atomic E-state index is 13.3. The minimum absolute atomic E-state index is 0.124. The van der Waals surface area contributed by atoms with Gasteiger partial charge >= 0.3 is 0 Å². The summed E-state index contributed by atoms with van der Waals surface area (Å²) in [6.45, 7) is 0.225. The zero-order valence-electron chi connectivity index (χ0n) is 16.9. The summed E-state index contributed by atoms with van der Waals surface area (Å²) < 4.78 is 9.02. The SMILES string of the molecule is C#CCOc1c(I)cc(C=Nn2c(C3CCCCC3)nc3ccccc3c2=O)cc1I. The number of terminal acetylenes is 1. The van der Waals surface area contributed by atoms with E-state index in [2.05, 4.69) is 56.2 Å². The number of rotatable bonds is 5. The van der Waals surface area contributed by atoms with E-state index in [1.54, 1.807) is 6.21 Å². The lowest BCUT2D eigenvalue weighted by Gasteiger charge is -2.22. The largest absolute Gasteiger partial charge is 0.479 e. The molecule has 1 aliphatic carbocycles. The summed E-state index contributed by atoms with van der Waals surface area (Å²) in [7, 11) is 0. The molecular formula is C24H21I2N3O2. The molecule has 1 aromatic heterocycles. The molecule has 4 rings (SSSR count). The third-order valence-electron chi connectivity index (χ3n) is 5.39. The molecule has 0 aliphatic heterocycles. The average molecular weight is 637 g/mol. The van der Waals surface area contributed by atoms with E-state index in [1.165, 1.54) is 11.1 Å². The first-order valence-corrected chi connectivity index (χ1v) is 12.4. The highest BCUT2D eigenvalue weighted by Crippen LogP contribution is 2.32. The summed E-state index contributed by atoms with van der Waals surface area (Å²) in [5.74, 6) is 4.27. The average Bonchev–Trinajstić information content (AvgIpc) is 2.78. The van der Waals surface area contributed by atoms with Crippen LogP contribution in [0.15, 0.2) is 46.3 Å². The van der Waals surface area contributed by atoms with Gasteiger partial charge in [-0.2, -0.15) is 9.78 Å². The number of nitrogens with zero attached hydrogens (tertiary/aromatic N) is 3. The van der Waals surface area contributed by atoms with Gasteiger partial charge < -0.3 is 4.74 Å². The number of halogens is 2. The number of aromatic nitrogens is 2. The molecule has 1 saturated carbocycles. The molecule has 1 heterocycles. The molecule has 0 amide bonds. The number of para-hydroxylation sites is 1. The topological polar surface area (TPSA) is 56.5 Å². The Labute approximate surface area is 208 Å². The van der Waals surface area contributed by atoms with E-state index in [9.17, 15) is 4.79 Å². The van der Waals surface area contributed by atoms with Crippen LogP contribution in [0.3, 0.4) is 0 Å². The first kappa shape index (κ1) is 22.3. The molecule has 0 N–H and O–H groups in total. The second-order valence-corrected chi connectivity index (χ2v) is 9.81. The van der Waals surface area contributed by atoms with E-state index >= 15 is 0 Å². The van der Waals surface area contributed by atoms with E-state index in [1.807, 2.05) is 36.4 Å². The van der Waals surface area contributed by atoms with Gasteiger partial charge in [-0.3, -0.25) is 4.79 Å². The highest BCUT2D eigenvalue weighted by atomic mass is 127.